The number of ether oxygens (including phenoxy) is 2. The fourth-order valence-electron chi connectivity index (χ4n) is 1.64. The van der Waals surface area contributed by atoms with E-state index < -0.39 is 0 Å². The van der Waals surface area contributed by atoms with E-state index in [4.69, 9.17) is 9.47 Å². The van der Waals surface area contributed by atoms with Gasteiger partial charge in [0.25, 0.3) is 5.91 Å². The Morgan fingerprint density at radius 2 is 2.05 bits per heavy atom. The van der Waals surface area contributed by atoms with Gasteiger partial charge in [0, 0.05) is 10.7 Å². The van der Waals surface area contributed by atoms with Crippen LogP contribution < -0.4 is 14.8 Å². The molecule has 1 amide bonds. The number of nitrogens with one attached hydrogen (secondary N) is 1. The molecule has 1 aromatic heterocycles. The monoisotopic (exact) mass is 336 g/mol. The van der Waals surface area contributed by atoms with Gasteiger partial charge in [-0.2, -0.15) is 0 Å². The highest BCUT2D eigenvalue weighted by molar-refractivity contribution is 9.10. The van der Waals surface area contributed by atoms with Crippen molar-refractivity contribution in [2.24, 2.45) is 0 Å². The highest BCUT2D eigenvalue weighted by Gasteiger charge is 2.14. The second kappa shape index (κ2) is 6.38. The lowest BCUT2D eigenvalue weighted by atomic mass is 10.2. The molecular formula is C14H13BrN2O3. The van der Waals surface area contributed by atoms with E-state index in [9.17, 15) is 4.79 Å². The van der Waals surface area contributed by atoms with Crippen molar-refractivity contribution < 1.29 is 14.3 Å². The molecule has 0 aliphatic carbocycles. The molecule has 0 unspecified atom stereocenters. The molecule has 2 rings (SSSR count). The Balaban J connectivity index is 2.28. The molecule has 1 heterocycles. The molecule has 0 atom stereocenters. The van der Waals surface area contributed by atoms with Crippen molar-refractivity contribution in [3.63, 3.8) is 0 Å². The normalized spacial score (nSPS) is 9.95. The first-order valence-corrected chi connectivity index (χ1v) is 6.59. The molecule has 20 heavy (non-hydrogen) atoms. The molecule has 6 heteroatoms. The predicted octanol–water partition coefficient (Wildman–Crippen LogP) is 3.11. The van der Waals surface area contributed by atoms with Gasteiger partial charge < -0.3 is 14.8 Å². The number of anilines is 1. The minimum absolute atomic E-state index is 0.276. The molecule has 1 aromatic carbocycles. The second-order valence-electron chi connectivity index (χ2n) is 3.86. The highest BCUT2D eigenvalue weighted by atomic mass is 79.9. The molecule has 0 spiro atoms. The maximum absolute atomic E-state index is 12.3. The van der Waals surface area contributed by atoms with E-state index in [0.717, 1.165) is 0 Å². The van der Waals surface area contributed by atoms with Crippen molar-refractivity contribution in [3.05, 3.63) is 46.6 Å². The van der Waals surface area contributed by atoms with Crippen molar-refractivity contribution in [3.8, 4) is 11.6 Å². The predicted molar refractivity (Wildman–Crippen MR) is 79.4 cm³/mol. The quantitative estimate of drug-likeness (QED) is 0.931. The van der Waals surface area contributed by atoms with Gasteiger partial charge in [0.05, 0.1) is 19.8 Å². The lowest BCUT2D eigenvalue weighted by molar-refractivity contribution is 0.102. The molecule has 0 aliphatic heterocycles. The number of amides is 1. The molecule has 0 saturated heterocycles. The van der Waals surface area contributed by atoms with Crippen LogP contribution in [0.4, 0.5) is 5.69 Å². The Bertz CT molecular complexity index is 632. The van der Waals surface area contributed by atoms with Gasteiger partial charge in [-0.3, -0.25) is 4.79 Å². The van der Waals surface area contributed by atoms with Crippen LogP contribution in [0.5, 0.6) is 11.6 Å². The molecule has 1 N–H and O–H groups in total. The average molecular weight is 337 g/mol. The van der Waals surface area contributed by atoms with E-state index in [1.54, 1.807) is 43.6 Å². The number of hydrogen-bond donors (Lipinski definition) is 1. The van der Waals surface area contributed by atoms with Gasteiger partial charge in [-0.05, 0) is 46.3 Å². The summed E-state index contributed by atoms with van der Waals surface area (Å²) in [5, 5.41) is 2.76. The summed E-state index contributed by atoms with van der Waals surface area (Å²) >= 11 is 3.35. The number of rotatable bonds is 4. The standard InChI is InChI=1S/C14H13BrN2O3/c1-19-9-5-6-11(15)10(8-9)13(18)17-12-4-3-7-16-14(12)20-2/h3-8H,1-2H3,(H,17,18). The van der Waals surface area contributed by atoms with Crippen LogP contribution in [0.15, 0.2) is 41.0 Å². The first-order valence-electron chi connectivity index (χ1n) is 5.79. The van der Waals surface area contributed by atoms with Crippen molar-refractivity contribution in [1.82, 2.24) is 4.98 Å². The van der Waals surface area contributed by atoms with E-state index >= 15 is 0 Å². The number of pyridine rings is 1. The number of nitrogens with zero attached hydrogens (tertiary/aromatic N) is 1. The number of methoxy groups -OCH3 is 2. The fraction of sp³-hybridized carbons (Fsp3) is 0.143. The lowest BCUT2D eigenvalue weighted by Gasteiger charge is -2.10. The zero-order chi connectivity index (χ0) is 14.5. The van der Waals surface area contributed by atoms with E-state index in [0.29, 0.717) is 27.4 Å². The maximum atomic E-state index is 12.3. The van der Waals surface area contributed by atoms with Crippen LogP contribution in [-0.2, 0) is 0 Å². The Kier molecular flexibility index (Phi) is 4.57. The second-order valence-corrected chi connectivity index (χ2v) is 4.71. The zero-order valence-corrected chi connectivity index (χ0v) is 12.6. The molecule has 0 radical (unpaired) electrons. The summed E-state index contributed by atoms with van der Waals surface area (Å²) in [6, 6.07) is 8.62. The number of benzene rings is 1. The summed E-state index contributed by atoms with van der Waals surface area (Å²) < 4.78 is 10.9. The van der Waals surface area contributed by atoms with Gasteiger partial charge in [0.2, 0.25) is 5.88 Å². The van der Waals surface area contributed by atoms with E-state index in [2.05, 4.69) is 26.2 Å². The zero-order valence-electron chi connectivity index (χ0n) is 11.0. The Labute approximate surface area is 125 Å². The topological polar surface area (TPSA) is 60.5 Å². The van der Waals surface area contributed by atoms with Gasteiger partial charge in [-0.25, -0.2) is 4.98 Å². The SMILES string of the molecule is COc1ccc(Br)c(C(=O)Nc2cccnc2OC)c1. The van der Waals surface area contributed by atoms with Gasteiger partial charge in [0.15, 0.2) is 0 Å². The molecule has 0 saturated carbocycles. The average Bonchev–Trinajstić information content (AvgIpc) is 2.48. The maximum Gasteiger partial charge on any atom is 0.257 e. The minimum Gasteiger partial charge on any atom is -0.497 e. The first kappa shape index (κ1) is 14.3. The van der Waals surface area contributed by atoms with Gasteiger partial charge in [0.1, 0.15) is 11.4 Å². The van der Waals surface area contributed by atoms with Crippen LogP contribution in [-0.4, -0.2) is 25.1 Å². The summed E-state index contributed by atoms with van der Waals surface area (Å²) in [4.78, 5) is 16.3. The number of halogens is 1. The molecular weight excluding hydrogens is 324 g/mol. The fourth-order valence-corrected chi connectivity index (χ4v) is 2.07. The van der Waals surface area contributed by atoms with Gasteiger partial charge >= 0.3 is 0 Å². The van der Waals surface area contributed by atoms with Crippen molar-refractivity contribution in [2.45, 2.75) is 0 Å². The van der Waals surface area contributed by atoms with Crippen LogP contribution in [0.1, 0.15) is 10.4 Å². The Morgan fingerprint density at radius 1 is 1.25 bits per heavy atom. The molecule has 2 aromatic rings. The number of hydrogen-bond acceptors (Lipinski definition) is 4. The van der Waals surface area contributed by atoms with Crippen LogP contribution >= 0.6 is 15.9 Å². The van der Waals surface area contributed by atoms with Crippen LogP contribution in [0.25, 0.3) is 0 Å². The van der Waals surface area contributed by atoms with Gasteiger partial charge in [-0.15, -0.1) is 0 Å². The van der Waals surface area contributed by atoms with Crippen LogP contribution in [0.2, 0.25) is 0 Å². The summed E-state index contributed by atoms with van der Waals surface area (Å²) in [5.74, 6) is 0.693. The van der Waals surface area contributed by atoms with Crippen molar-refractivity contribution >= 4 is 27.5 Å². The van der Waals surface area contributed by atoms with E-state index in [-0.39, 0.29) is 5.91 Å². The van der Waals surface area contributed by atoms with Gasteiger partial charge in [-0.1, -0.05) is 0 Å². The molecule has 0 aliphatic rings. The Hall–Kier alpha value is -2.08. The Morgan fingerprint density at radius 3 is 2.75 bits per heavy atom. The number of aromatic nitrogens is 1. The smallest absolute Gasteiger partial charge is 0.257 e. The van der Waals surface area contributed by atoms with E-state index in [1.165, 1.54) is 7.11 Å². The highest BCUT2D eigenvalue weighted by Crippen LogP contribution is 2.25. The molecule has 5 nitrogen and oxygen atoms in total. The molecule has 0 bridgehead atoms. The third-order valence-electron chi connectivity index (χ3n) is 2.63. The van der Waals surface area contributed by atoms with Crippen molar-refractivity contribution in [2.75, 3.05) is 19.5 Å². The summed E-state index contributed by atoms with van der Waals surface area (Å²) in [6.45, 7) is 0. The van der Waals surface area contributed by atoms with Crippen molar-refractivity contribution in [1.29, 1.82) is 0 Å². The molecule has 104 valence electrons. The third-order valence-corrected chi connectivity index (χ3v) is 3.32. The number of carbonyl (C=O) groups excluding carboxylic acids is 1. The third kappa shape index (κ3) is 3.08. The summed E-state index contributed by atoms with van der Waals surface area (Å²) in [6.07, 6.45) is 1.59. The molecule has 0 fully saturated rings. The lowest BCUT2D eigenvalue weighted by Crippen LogP contribution is -2.13. The van der Waals surface area contributed by atoms with Crippen LogP contribution in [0.3, 0.4) is 0 Å². The largest absolute Gasteiger partial charge is 0.497 e. The van der Waals surface area contributed by atoms with E-state index in [1.807, 2.05) is 0 Å². The minimum atomic E-state index is -0.276. The number of carbonyl (C=O) groups is 1. The first-order chi connectivity index (χ1) is 9.65. The summed E-state index contributed by atoms with van der Waals surface area (Å²) in [5.41, 5.74) is 0.977. The van der Waals surface area contributed by atoms with Crippen LogP contribution in [0, 0.1) is 0 Å². The summed E-state index contributed by atoms with van der Waals surface area (Å²) in [7, 11) is 3.05.